The summed E-state index contributed by atoms with van der Waals surface area (Å²) in [6.45, 7) is 1.78. The second-order valence-electron chi connectivity index (χ2n) is 5.80. The number of nitrogens with two attached hydrogens (primary N) is 1. The lowest BCUT2D eigenvalue weighted by atomic mass is 9.91. The zero-order valence-corrected chi connectivity index (χ0v) is 12.7. The van der Waals surface area contributed by atoms with E-state index < -0.39 is 4.92 Å². The molecule has 23 heavy (non-hydrogen) atoms. The number of anilines is 1. The first-order valence-electron chi connectivity index (χ1n) is 7.34. The molecule has 1 aromatic carbocycles. The number of non-ortho nitro benzene ring substituents is 1. The molecule has 1 unspecified atom stereocenters. The van der Waals surface area contributed by atoms with E-state index in [9.17, 15) is 15.4 Å². The van der Waals surface area contributed by atoms with Gasteiger partial charge in [-0.2, -0.15) is 5.26 Å². The van der Waals surface area contributed by atoms with Crippen molar-refractivity contribution in [3.8, 4) is 17.2 Å². The van der Waals surface area contributed by atoms with E-state index in [1.807, 2.05) is 0 Å². The number of quaternary nitrogens is 1. The Hall–Kier alpha value is -2.98. The van der Waals surface area contributed by atoms with Crippen LogP contribution < -0.4 is 15.6 Å². The largest absolute Gasteiger partial charge is 0.333 e. The van der Waals surface area contributed by atoms with Gasteiger partial charge in [-0.25, -0.2) is 4.98 Å². The molecule has 0 radical (unpaired) electrons. The smallest absolute Gasteiger partial charge is 0.289 e. The summed E-state index contributed by atoms with van der Waals surface area (Å²) in [5.41, 5.74) is 10.1. The lowest BCUT2D eigenvalue weighted by Crippen LogP contribution is -3.08. The van der Waals surface area contributed by atoms with Crippen molar-refractivity contribution in [1.29, 1.82) is 5.26 Å². The summed E-state index contributed by atoms with van der Waals surface area (Å²) in [4.78, 5) is 14.9. The van der Waals surface area contributed by atoms with Gasteiger partial charge in [-0.15, -0.1) is 0 Å². The van der Waals surface area contributed by atoms with Gasteiger partial charge >= 0.3 is 0 Å². The number of nitrogens with zero attached hydrogens (tertiary/aromatic N) is 2. The van der Waals surface area contributed by atoms with E-state index in [0.29, 0.717) is 11.4 Å². The molecule has 1 atom stereocenters. The highest BCUT2D eigenvalue weighted by molar-refractivity contribution is 5.78. The maximum Gasteiger partial charge on any atom is 0.289 e. The van der Waals surface area contributed by atoms with Crippen molar-refractivity contribution >= 4 is 11.5 Å². The van der Waals surface area contributed by atoms with Crippen LogP contribution in [0.3, 0.4) is 0 Å². The first-order valence-corrected chi connectivity index (χ1v) is 7.34. The van der Waals surface area contributed by atoms with Crippen LogP contribution in [0.2, 0.25) is 0 Å². The highest BCUT2D eigenvalue weighted by Crippen LogP contribution is 2.32. The highest BCUT2D eigenvalue weighted by Gasteiger charge is 2.28. The summed E-state index contributed by atoms with van der Waals surface area (Å²) in [5, 5.41) is 20.3. The Morgan fingerprint density at radius 3 is 2.70 bits per heavy atom. The molecule has 1 aliphatic heterocycles. The fourth-order valence-electron chi connectivity index (χ4n) is 3.06. The second kappa shape index (κ2) is 5.66. The summed E-state index contributed by atoms with van der Waals surface area (Å²) in [6, 6.07) is 8.43. The van der Waals surface area contributed by atoms with E-state index in [-0.39, 0.29) is 5.69 Å². The fraction of sp³-hybridized carbons (Fsp3) is 0.250. The summed E-state index contributed by atoms with van der Waals surface area (Å²) >= 11 is 0. The van der Waals surface area contributed by atoms with Crippen molar-refractivity contribution in [2.75, 3.05) is 19.3 Å². The third-order valence-corrected chi connectivity index (χ3v) is 4.23. The van der Waals surface area contributed by atoms with Crippen molar-refractivity contribution in [1.82, 2.24) is 0 Å². The molecule has 116 valence electrons. The van der Waals surface area contributed by atoms with E-state index in [1.54, 1.807) is 12.1 Å². The normalized spacial score (nSPS) is 16.4. The van der Waals surface area contributed by atoms with Crippen LogP contribution >= 0.6 is 0 Å². The van der Waals surface area contributed by atoms with E-state index in [0.717, 1.165) is 41.9 Å². The number of likely N-dealkylation sites (N-methyl/N-ethyl adjacent to an activating group) is 1. The van der Waals surface area contributed by atoms with Crippen molar-refractivity contribution < 1.29 is 14.8 Å². The Kier molecular flexibility index (Phi) is 3.68. The maximum absolute atomic E-state index is 10.8. The number of nitrogens with one attached hydrogen (secondary N) is 2. The van der Waals surface area contributed by atoms with Crippen LogP contribution in [0.25, 0.3) is 11.1 Å². The van der Waals surface area contributed by atoms with E-state index in [4.69, 9.17) is 5.73 Å². The first kappa shape index (κ1) is 14.9. The van der Waals surface area contributed by atoms with Crippen molar-refractivity contribution in [2.45, 2.75) is 13.0 Å². The third kappa shape index (κ3) is 2.60. The fourth-order valence-corrected chi connectivity index (χ4v) is 3.06. The monoisotopic (exact) mass is 311 g/mol. The van der Waals surface area contributed by atoms with Gasteiger partial charge in [0.05, 0.1) is 30.5 Å². The Morgan fingerprint density at radius 2 is 2.09 bits per heavy atom. The van der Waals surface area contributed by atoms with Gasteiger partial charge in [-0.05, 0) is 17.7 Å². The minimum absolute atomic E-state index is 0.0272. The number of hydrogen-bond donors (Lipinski definition) is 2. The summed E-state index contributed by atoms with van der Waals surface area (Å²) in [5.74, 6) is 0.346. The zero-order valence-electron chi connectivity index (χ0n) is 12.7. The van der Waals surface area contributed by atoms with Crippen LogP contribution in [-0.2, 0) is 13.0 Å². The molecule has 2 aromatic rings. The molecule has 0 amide bonds. The van der Waals surface area contributed by atoms with Gasteiger partial charge in [-0.3, -0.25) is 15.8 Å². The molecule has 0 spiro atoms. The molecule has 4 N–H and O–H groups in total. The topological polar surface area (TPSA) is 112 Å². The Balaban J connectivity index is 2.22. The molecular formula is C16H17N5O2+2. The number of aromatic amines is 1. The number of nitrogen functional groups attached to an aromatic ring is 1. The molecule has 3 rings (SSSR count). The molecule has 7 heteroatoms. The Labute approximate surface area is 133 Å². The van der Waals surface area contributed by atoms with Crippen LogP contribution in [0.4, 0.5) is 11.5 Å². The van der Waals surface area contributed by atoms with Crippen molar-refractivity contribution in [3.63, 3.8) is 0 Å². The lowest BCUT2D eigenvalue weighted by molar-refractivity contribution is -0.896. The molecule has 1 aromatic heterocycles. The predicted octanol–water partition coefficient (Wildman–Crippen LogP) is 0.101. The maximum atomic E-state index is 10.8. The molecule has 7 nitrogen and oxygen atoms in total. The Morgan fingerprint density at radius 1 is 1.39 bits per heavy atom. The zero-order chi connectivity index (χ0) is 16.6. The molecule has 0 fully saturated rings. The molecular weight excluding hydrogens is 294 g/mol. The van der Waals surface area contributed by atoms with E-state index >= 15 is 0 Å². The van der Waals surface area contributed by atoms with Crippen LogP contribution in [0, 0.1) is 21.4 Å². The third-order valence-electron chi connectivity index (χ3n) is 4.23. The van der Waals surface area contributed by atoms with Crippen LogP contribution in [-0.4, -0.2) is 18.5 Å². The van der Waals surface area contributed by atoms with Gasteiger partial charge in [0, 0.05) is 17.7 Å². The molecule has 0 saturated carbocycles. The number of nitriles is 1. The van der Waals surface area contributed by atoms with Gasteiger partial charge < -0.3 is 4.90 Å². The molecule has 1 aliphatic rings. The number of benzene rings is 1. The van der Waals surface area contributed by atoms with Gasteiger partial charge in [0.25, 0.3) is 11.5 Å². The van der Waals surface area contributed by atoms with Crippen molar-refractivity contribution in [2.24, 2.45) is 0 Å². The first-order chi connectivity index (χ1) is 11.0. The SMILES string of the molecule is C[NH+]1CCc2[nH+]c(N)c(C#N)c(-c3ccc([N+](=O)[O-])cc3)c2C1. The summed E-state index contributed by atoms with van der Waals surface area (Å²) in [7, 11) is 2.10. The molecule has 0 bridgehead atoms. The number of pyridine rings is 1. The van der Waals surface area contributed by atoms with E-state index in [2.05, 4.69) is 18.1 Å². The molecule has 2 heterocycles. The van der Waals surface area contributed by atoms with E-state index in [1.165, 1.54) is 17.0 Å². The molecule has 0 saturated heterocycles. The Bertz CT molecular complexity index is 824. The predicted molar refractivity (Wildman–Crippen MR) is 83.4 cm³/mol. The second-order valence-corrected chi connectivity index (χ2v) is 5.80. The van der Waals surface area contributed by atoms with Crippen LogP contribution in [0.5, 0.6) is 0 Å². The number of fused-ring (bicyclic) bond motifs is 1. The lowest BCUT2D eigenvalue weighted by Gasteiger charge is -2.23. The van der Waals surface area contributed by atoms with Gasteiger partial charge in [0.15, 0.2) is 0 Å². The van der Waals surface area contributed by atoms with Gasteiger partial charge in [0.2, 0.25) is 0 Å². The average Bonchev–Trinajstić information content (AvgIpc) is 2.54. The van der Waals surface area contributed by atoms with Crippen molar-refractivity contribution in [3.05, 3.63) is 51.2 Å². The number of hydrogen-bond acceptors (Lipinski definition) is 4. The van der Waals surface area contributed by atoms with Crippen LogP contribution in [0.15, 0.2) is 24.3 Å². The minimum Gasteiger partial charge on any atom is -0.333 e. The summed E-state index contributed by atoms with van der Waals surface area (Å²) in [6.07, 6.45) is 0.858. The summed E-state index contributed by atoms with van der Waals surface area (Å²) < 4.78 is 0. The number of H-pyrrole nitrogens is 1. The number of nitro groups is 1. The molecule has 0 aliphatic carbocycles. The van der Waals surface area contributed by atoms with Gasteiger partial charge in [-0.1, -0.05) is 0 Å². The average molecular weight is 311 g/mol. The standard InChI is InChI=1S/C16H15N5O2/c1-20-7-6-14-13(9-20)15(12(8-17)16(18)19-14)10-2-4-11(5-3-10)21(22)23/h2-5H,6-7,9H2,1H3,(H2,18,19)/p+2. The number of nitro benzene ring substituents is 1. The quantitative estimate of drug-likeness (QED) is 0.605. The highest BCUT2D eigenvalue weighted by atomic mass is 16.6. The van der Waals surface area contributed by atoms with Gasteiger partial charge in [0.1, 0.15) is 23.9 Å². The minimum atomic E-state index is -0.435. The number of aromatic nitrogens is 1. The number of rotatable bonds is 2. The van der Waals surface area contributed by atoms with Crippen LogP contribution in [0.1, 0.15) is 16.8 Å².